The fourth-order valence-corrected chi connectivity index (χ4v) is 20.3. The SMILES string of the molecule is O=C(c1cc(P(=O)(c2ccccc2)c2ccccc2)cc(P(=O)(c2ccccc2)c2ccccc2)c1)c1cc(P(=O)(c2ccccc2)c2ccccc2)cc(P(=O)(c2ccccc2)c2ccccc2)c1. The summed E-state index contributed by atoms with van der Waals surface area (Å²) < 4.78 is 65.6. The van der Waals surface area contributed by atoms with Crippen molar-refractivity contribution in [3.05, 3.63) is 290 Å². The fraction of sp³-hybridized carbons (Fsp3) is 0. The predicted molar refractivity (Wildman–Crippen MR) is 294 cm³/mol. The van der Waals surface area contributed by atoms with Crippen LogP contribution in [0.2, 0.25) is 0 Å². The van der Waals surface area contributed by atoms with E-state index in [0.717, 1.165) is 0 Å². The summed E-state index contributed by atoms with van der Waals surface area (Å²) in [6.45, 7) is 0. The summed E-state index contributed by atoms with van der Waals surface area (Å²) in [5.41, 5.74) is 0.219. The minimum Gasteiger partial charge on any atom is -0.309 e. The Bertz CT molecular complexity index is 3010. The highest BCUT2D eigenvalue weighted by Gasteiger charge is 2.38. The lowest BCUT2D eigenvalue weighted by molar-refractivity contribution is 0.103. The van der Waals surface area contributed by atoms with E-state index in [1.807, 2.05) is 243 Å². The number of ketones is 1. The molecule has 0 aliphatic rings. The van der Waals surface area contributed by atoms with Crippen LogP contribution in [0.15, 0.2) is 279 Å². The van der Waals surface area contributed by atoms with Crippen LogP contribution in [-0.2, 0) is 18.3 Å². The van der Waals surface area contributed by atoms with E-state index in [9.17, 15) is 0 Å². The lowest BCUT2D eigenvalue weighted by atomic mass is 10.0. The molecule has 0 fully saturated rings. The number of carbonyl (C=O) groups excluding carboxylic acids is 1. The van der Waals surface area contributed by atoms with Gasteiger partial charge in [-0.1, -0.05) is 243 Å². The molecule has 5 nitrogen and oxygen atoms in total. The van der Waals surface area contributed by atoms with Gasteiger partial charge in [-0.15, -0.1) is 0 Å². The Morgan fingerprint density at radius 1 is 0.200 bits per heavy atom. The number of carbonyl (C=O) groups is 1. The van der Waals surface area contributed by atoms with E-state index in [4.69, 9.17) is 0 Å². The lowest BCUT2D eigenvalue weighted by Gasteiger charge is -2.26. The maximum atomic E-state index is 16.4. The van der Waals surface area contributed by atoms with Gasteiger partial charge in [0.2, 0.25) is 0 Å². The standard InChI is InChI=1S/C61H46O5P4/c62-61(47-41-57(67(63,49-25-9-1-10-26-49)50-27-11-2-12-28-50)45-58(42-47)68(64,51-29-13-3-14-30-51)52-31-15-4-16-32-52)48-43-59(69(65,53-33-17-5-18-34-53)54-35-19-6-20-36-54)46-60(44-48)70(66,55-37-21-7-22-38-55)56-39-23-8-24-40-56/h1-46H. The third-order valence-electron chi connectivity index (χ3n) is 12.7. The van der Waals surface area contributed by atoms with E-state index in [-0.39, 0.29) is 11.1 Å². The van der Waals surface area contributed by atoms with E-state index < -0.39 is 34.4 Å². The number of rotatable bonds is 14. The quantitative estimate of drug-likeness (QED) is 0.0802. The van der Waals surface area contributed by atoms with Crippen LogP contribution in [0.25, 0.3) is 0 Å². The molecule has 0 unspecified atom stereocenters. The summed E-state index contributed by atoms with van der Waals surface area (Å²) >= 11 is 0. The first-order valence-corrected chi connectivity index (χ1v) is 29.7. The normalized spacial score (nSPS) is 12.0. The summed E-state index contributed by atoms with van der Waals surface area (Å²) in [5.74, 6) is -0.521. The van der Waals surface area contributed by atoms with Crippen LogP contribution < -0.4 is 63.7 Å². The molecule has 0 aliphatic carbocycles. The van der Waals surface area contributed by atoms with Crippen molar-refractivity contribution >= 4 is 98.0 Å². The zero-order valence-electron chi connectivity index (χ0n) is 37.9. The van der Waals surface area contributed by atoms with Gasteiger partial charge in [0.15, 0.2) is 34.4 Å². The number of benzene rings is 10. The summed E-state index contributed by atoms with van der Waals surface area (Å²) in [4.78, 5) is 16.1. The Morgan fingerprint density at radius 2 is 0.343 bits per heavy atom. The molecule has 0 bridgehead atoms. The van der Waals surface area contributed by atoms with Crippen molar-refractivity contribution in [3.8, 4) is 0 Å². The second-order valence-corrected chi connectivity index (χ2v) is 28.0. The molecule has 0 spiro atoms. The fourth-order valence-electron chi connectivity index (χ4n) is 9.24. The van der Waals surface area contributed by atoms with Gasteiger partial charge in [-0.2, -0.15) is 0 Å². The molecule has 340 valence electrons. The van der Waals surface area contributed by atoms with Crippen molar-refractivity contribution < 1.29 is 23.1 Å². The smallest absolute Gasteiger partial charge is 0.193 e. The van der Waals surface area contributed by atoms with Gasteiger partial charge in [0.05, 0.1) is 0 Å². The van der Waals surface area contributed by atoms with Crippen LogP contribution in [-0.4, -0.2) is 5.78 Å². The maximum Gasteiger partial charge on any atom is 0.193 e. The topological polar surface area (TPSA) is 85.3 Å². The van der Waals surface area contributed by atoms with Gasteiger partial charge in [-0.05, 0) is 36.4 Å². The first-order valence-electron chi connectivity index (χ1n) is 22.9. The molecule has 70 heavy (non-hydrogen) atoms. The maximum absolute atomic E-state index is 16.4. The molecular weight excluding hydrogens is 937 g/mol. The lowest BCUT2D eigenvalue weighted by Crippen LogP contribution is -2.33. The van der Waals surface area contributed by atoms with Crippen LogP contribution in [0.3, 0.4) is 0 Å². The zero-order chi connectivity index (χ0) is 48.2. The minimum atomic E-state index is -3.81. The Hall–Kier alpha value is -7.21. The van der Waals surface area contributed by atoms with Crippen LogP contribution >= 0.6 is 28.6 Å². The molecular formula is C61H46O5P4. The highest BCUT2D eigenvalue weighted by molar-refractivity contribution is 7.87. The van der Waals surface area contributed by atoms with Gasteiger partial charge >= 0.3 is 0 Å². The van der Waals surface area contributed by atoms with Crippen LogP contribution in [0.1, 0.15) is 15.9 Å². The van der Waals surface area contributed by atoms with E-state index >= 15 is 23.1 Å². The molecule has 0 heterocycles. The minimum absolute atomic E-state index is 0.110. The van der Waals surface area contributed by atoms with Crippen molar-refractivity contribution in [2.24, 2.45) is 0 Å². The zero-order valence-corrected chi connectivity index (χ0v) is 41.5. The molecule has 0 amide bonds. The average molecular weight is 983 g/mol. The van der Waals surface area contributed by atoms with Crippen molar-refractivity contribution in [1.29, 1.82) is 0 Å². The predicted octanol–water partition coefficient (Wildman–Crippen LogP) is 9.48. The second kappa shape index (κ2) is 19.7. The summed E-state index contributed by atoms with van der Waals surface area (Å²) in [6, 6.07) is 83.5. The number of hydrogen-bond donors (Lipinski definition) is 0. The van der Waals surface area contributed by atoms with Crippen molar-refractivity contribution in [2.45, 2.75) is 0 Å². The van der Waals surface area contributed by atoms with Gasteiger partial charge in [-0.3, -0.25) is 4.79 Å². The monoisotopic (exact) mass is 982 g/mol. The molecule has 0 aromatic heterocycles. The molecule has 0 atom stereocenters. The highest BCUT2D eigenvalue weighted by Crippen LogP contribution is 2.48. The second-order valence-electron chi connectivity index (χ2n) is 16.9. The Kier molecular flexibility index (Phi) is 13.1. The third kappa shape index (κ3) is 8.41. The summed E-state index contributed by atoms with van der Waals surface area (Å²) in [6.07, 6.45) is 0. The largest absolute Gasteiger partial charge is 0.309 e. The first-order chi connectivity index (χ1) is 34.1. The third-order valence-corrected chi connectivity index (χ3v) is 24.9. The van der Waals surface area contributed by atoms with E-state index in [1.54, 1.807) is 36.4 Å². The molecule has 0 N–H and O–H groups in total. The Morgan fingerprint density at radius 3 is 0.486 bits per heavy atom. The van der Waals surface area contributed by atoms with Crippen molar-refractivity contribution in [1.82, 2.24) is 0 Å². The van der Waals surface area contributed by atoms with E-state index in [0.29, 0.717) is 63.7 Å². The van der Waals surface area contributed by atoms with Gasteiger partial charge in [0.1, 0.15) is 0 Å². The molecule has 10 aromatic carbocycles. The van der Waals surface area contributed by atoms with Gasteiger partial charge < -0.3 is 18.3 Å². The highest BCUT2D eigenvalue weighted by atomic mass is 31.2. The molecule has 0 saturated heterocycles. The van der Waals surface area contributed by atoms with Gasteiger partial charge in [0.25, 0.3) is 0 Å². The summed E-state index contributed by atoms with van der Waals surface area (Å²) in [5, 5.41) is 5.54. The van der Waals surface area contributed by atoms with Crippen LogP contribution in [0.5, 0.6) is 0 Å². The Balaban J connectivity index is 1.30. The average Bonchev–Trinajstić information content (AvgIpc) is 3.45. The van der Waals surface area contributed by atoms with Gasteiger partial charge in [-0.25, -0.2) is 0 Å². The van der Waals surface area contributed by atoms with Crippen LogP contribution in [0.4, 0.5) is 0 Å². The Labute approximate surface area is 409 Å². The molecule has 0 aliphatic heterocycles. The molecule has 0 saturated carbocycles. The molecule has 0 radical (unpaired) electrons. The van der Waals surface area contributed by atoms with E-state index in [2.05, 4.69) is 0 Å². The first kappa shape index (κ1) is 46.5. The molecule has 10 rings (SSSR count). The number of hydrogen-bond acceptors (Lipinski definition) is 5. The molecule has 9 heteroatoms. The summed E-state index contributed by atoms with van der Waals surface area (Å²) in [7, 11) is -15.2. The van der Waals surface area contributed by atoms with Crippen LogP contribution in [0, 0.1) is 0 Å². The van der Waals surface area contributed by atoms with Crippen molar-refractivity contribution in [2.75, 3.05) is 0 Å². The molecule has 10 aromatic rings. The van der Waals surface area contributed by atoms with Crippen molar-refractivity contribution in [3.63, 3.8) is 0 Å². The van der Waals surface area contributed by atoms with E-state index in [1.165, 1.54) is 0 Å². The van der Waals surface area contributed by atoms with Gasteiger partial charge in [0, 0.05) is 74.8 Å².